The van der Waals surface area contributed by atoms with E-state index in [9.17, 15) is 4.79 Å². The van der Waals surface area contributed by atoms with Gasteiger partial charge in [-0.2, -0.15) is 0 Å². The van der Waals surface area contributed by atoms with Crippen molar-refractivity contribution in [3.63, 3.8) is 0 Å². The number of carboxylic acids is 1. The van der Waals surface area contributed by atoms with E-state index >= 15 is 0 Å². The van der Waals surface area contributed by atoms with Crippen molar-refractivity contribution in [2.75, 3.05) is 26.4 Å². The van der Waals surface area contributed by atoms with Gasteiger partial charge in [0.1, 0.15) is 0 Å². The van der Waals surface area contributed by atoms with E-state index in [4.69, 9.17) is 75.4 Å². The largest absolute Gasteiger partial charge is 0.481 e. The first-order valence-electron chi connectivity index (χ1n) is 13.8. The molecular weight excluding hydrogens is 532 g/mol. The number of carboxylic acid groups (broad SMARTS) is 1. The summed E-state index contributed by atoms with van der Waals surface area (Å²) in [7, 11) is 0. The molecule has 0 rings (SSSR count). The van der Waals surface area contributed by atoms with Gasteiger partial charge >= 0.3 is 5.97 Å². The van der Waals surface area contributed by atoms with Crippen LogP contribution in [0.2, 0.25) is 0 Å². The second-order valence-electron chi connectivity index (χ2n) is 8.46. The van der Waals surface area contributed by atoms with Crippen LogP contribution in [0.3, 0.4) is 0 Å². The average molecular weight is 593 g/mol. The summed E-state index contributed by atoms with van der Waals surface area (Å²) >= 11 is 0. The number of nitrogens with two attached hydrogens (primary N) is 5. The first-order valence-corrected chi connectivity index (χ1v) is 13.8. The van der Waals surface area contributed by atoms with Crippen molar-refractivity contribution in [1.82, 2.24) is 0 Å². The molecule has 0 radical (unpaired) electrons. The maximum atomic E-state index is 10.4. The molecule has 17 N–H and O–H groups in total. The fourth-order valence-corrected chi connectivity index (χ4v) is 2.01. The normalized spacial score (nSPS) is 10.7. The molecule has 0 aliphatic carbocycles. The van der Waals surface area contributed by atoms with Gasteiger partial charge in [0.2, 0.25) is 0 Å². The molecular formula is C26H60N10O5. The van der Waals surface area contributed by atoms with E-state index in [2.05, 4.69) is 0 Å². The van der Waals surface area contributed by atoms with Crippen LogP contribution in [-0.2, 0) is 14.3 Å². The molecule has 41 heavy (non-hydrogen) atoms. The number of nitrogens with one attached hydrogen (secondary N) is 5. The Morgan fingerprint density at radius 1 is 0.634 bits per heavy atom. The number of amidine groups is 5. The van der Waals surface area contributed by atoms with Crippen molar-refractivity contribution in [2.24, 2.45) is 34.6 Å². The molecule has 2 unspecified atom stereocenters. The van der Waals surface area contributed by atoms with E-state index in [1.54, 1.807) is 0 Å². The lowest BCUT2D eigenvalue weighted by molar-refractivity contribution is -0.142. The molecule has 0 saturated carbocycles. The van der Waals surface area contributed by atoms with E-state index in [1.807, 2.05) is 34.6 Å². The molecule has 0 aliphatic rings. The fourth-order valence-electron chi connectivity index (χ4n) is 2.01. The third kappa shape index (κ3) is 62.0. The molecule has 0 amide bonds. The summed E-state index contributed by atoms with van der Waals surface area (Å²) in [6.07, 6.45) is 4.80. The maximum absolute atomic E-state index is 10.4. The highest BCUT2D eigenvalue weighted by molar-refractivity contribution is 5.78. The smallest absolute Gasteiger partial charge is 0.306 e. The minimum atomic E-state index is -0.797. The standard InChI is InChI=1S/C7H14N2O2.C6H14N2O.2C5H12N2O.C3H8N2/c1-2-5(7(10)11)3-4-6(8)9;1-2-5(9)3-4-6(7)8;2*1-2-8-4-3-5(6)7;1-2-3(4)5/h5H,2-4H2,1H3,(H3,8,9)(H,10,11);5,9H,2-4H2,1H3,(H3,7,8);2*2-4H2,1H3,(H3,6,7);2H2,1H3,(H3,4,5). The van der Waals surface area contributed by atoms with Crippen molar-refractivity contribution in [3.05, 3.63) is 0 Å². The molecule has 0 aromatic heterocycles. The molecule has 0 heterocycles. The lowest BCUT2D eigenvalue weighted by Crippen LogP contribution is -2.17. The molecule has 2 atom stereocenters. The zero-order valence-corrected chi connectivity index (χ0v) is 25.9. The first-order chi connectivity index (χ1) is 19.0. The van der Waals surface area contributed by atoms with E-state index < -0.39 is 5.97 Å². The Balaban J connectivity index is -0.000000134. The summed E-state index contributed by atoms with van der Waals surface area (Å²) in [5.41, 5.74) is 25.1. The van der Waals surface area contributed by atoms with E-state index in [0.717, 1.165) is 6.42 Å². The van der Waals surface area contributed by atoms with Gasteiger partial charge in [0, 0.05) is 45.3 Å². The van der Waals surface area contributed by atoms with Gasteiger partial charge in [-0.3, -0.25) is 31.8 Å². The van der Waals surface area contributed by atoms with Crippen molar-refractivity contribution in [2.45, 2.75) is 98.5 Å². The molecule has 0 saturated heterocycles. The predicted molar refractivity (Wildman–Crippen MR) is 168 cm³/mol. The van der Waals surface area contributed by atoms with Crippen molar-refractivity contribution >= 4 is 35.1 Å². The van der Waals surface area contributed by atoms with Gasteiger partial charge in [0.15, 0.2) is 0 Å². The predicted octanol–water partition coefficient (Wildman–Crippen LogP) is 2.32. The number of hydrogen-bond acceptors (Lipinski definition) is 9. The zero-order chi connectivity index (χ0) is 33.2. The van der Waals surface area contributed by atoms with Crippen LogP contribution >= 0.6 is 0 Å². The van der Waals surface area contributed by atoms with Crippen LogP contribution in [-0.4, -0.2) is 77.9 Å². The number of ether oxygens (including phenoxy) is 2. The number of rotatable bonds is 18. The zero-order valence-electron chi connectivity index (χ0n) is 25.9. The molecule has 0 fully saturated rings. The van der Waals surface area contributed by atoms with E-state index in [1.165, 1.54) is 0 Å². The van der Waals surface area contributed by atoms with Crippen molar-refractivity contribution in [1.29, 1.82) is 27.0 Å². The van der Waals surface area contributed by atoms with Crippen LogP contribution in [0.5, 0.6) is 0 Å². The third-order valence-corrected chi connectivity index (χ3v) is 4.64. The summed E-state index contributed by atoms with van der Waals surface area (Å²) in [5, 5.41) is 51.3. The van der Waals surface area contributed by atoms with Crippen LogP contribution in [0.15, 0.2) is 0 Å². The average Bonchev–Trinajstić information content (AvgIpc) is 2.88. The summed E-state index contributed by atoms with van der Waals surface area (Å²) in [6, 6.07) is 0. The topological polar surface area (TPSA) is 325 Å². The molecule has 0 aliphatic heterocycles. The number of carbonyl (C=O) groups is 1. The van der Waals surface area contributed by atoms with Crippen LogP contribution < -0.4 is 28.7 Å². The van der Waals surface area contributed by atoms with Gasteiger partial charge < -0.3 is 48.4 Å². The first kappa shape index (κ1) is 47.5. The van der Waals surface area contributed by atoms with Crippen molar-refractivity contribution in [3.8, 4) is 0 Å². The lowest BCUT2D eigenvalue weighted by Gasteiger charge is -2.07. The Morgan fingerprint density at radius 2 is 0.976 bits per heavy atom. The third-order valence-electron chi connectivity index (χ3n) is 4.64. The highest BCUT2D eigenvalue weighted by Crippen LogP contribution is 2.10. The molecule has 0 aromatic rings. The summed E-state index contributed by atoms with van der Waals surface area (Å²) in [4.78, 5) is 10.4. The van der Waals surface area contributed by atoms with E-state index in [0.29, 0.717) is 77.8 Å². The number of aliphatic carboxylic acids is 1. The molecule has 0 spiro atoms. The van der Waals surface area contributed by atoms with Crippen LogP contribution in [0.25, 0.3) is 0 Å². The van der Waals surface area contributed by atoms with Gasteiger partial charge in [-0.15, -0.1) is 0 Å². The quantitative estimate of drug-likeness (QED) is 0.0625. The monoisotopic (exact) mass is 592 g/mol. The second-order valence-corrected chi connectivity index (χ2v) is 8.46. The Bertz CT molecular complexity index is 674. The summed E-state index contributed by atoms with van der Waals surface area (Å²) in [6.45, 7) is 12.0. The Morgan fingerprint density at radius 3 is 1.20 bits per heavy atom. The molecule has 0 bridgehead atoms. The summed E-state index contributed by atoms with van der Waals surface area (Å²) in [5.74, 6) is -0.290. The lowest BCUT2D eigenvalue weighted by atomic mass is 10.0. The fraction of sp³-hybridized carbons (Fsp3) is 0.769. The Labute approximate surface area is 246 Å². The van der Waals surface area contributed by atoms with Gasteiger partial charge in [-0.05, 0) is 39.5 Å². The Hall–Kier alpha value is -3.30. The molecule has 0 aromatic carbocycles. The highest BCUT2D eigenvalue weighted by atomic mass is 16.5. The van der Waals surface area contributed by atoms with Gasteiger partial charge in [-0.25, -0.2) is 0 Å². The number of aliphatic hydroxyl groups excluding tert-OH is 1. The van der Waals surface area contributed by atoms with Gasteiger partial charge in [-0.1, -0.05) is 20.8 Å². The van der Waals surface area contributed by atoms with Crippen LogP contribution in [0.4, 0.5) is 0 Å². The SMILES string of the molecule is CCC(=N)N.CCC(CCC(=N)N)C(=O)O.CCC(O)CCC(=N)N.CCOCCC(=N)N.CCOCCC(=N)N. The summed E-state index contributed by atoms with van der Waals surface area (Å²) < 4.78 is 9.85. The molecule has 244 valence electrons. The number of hydrogen-bond donors (Lipinski definition) is 12. The van der Waals surface area contributed by atoms with Crippen LogP contribution in [0, 0.1) is 33.0 Å². The van der Waals surface area contributed by atoms with E-state index in [-0.39, 0.29) is 41.2 Å². The number of aliphatic hydroxyl groups is 1. The minimum Gasteiger partial charge on any atom is -0.481 e. The maximum Gasteiger partial charge on any atom is 0.306 e. The molecule has 15 nitrogen and oxygen atoms in total. The highest BCUT2D eigenvalue weighted by Gasteiger charge is 2.14. The minimum absolute atomic E-state index is 0.0599. The van der Waals surface area contributed by atoms with Crippen LogP contribution in [0.1, 0.15) is 92.4 Å². The second kappa shape index (κ2) is 36.7. The van der Waals surface area contributed by atoms with Gasteiger partial charge in [0.05, 0.1) is 54.4 Å². The molecule has 15 heteroatoms. The van der Waals surface area contributed by atoms with Gasteiger partial charge in [0.25, 0.3) is 0 Å². The Kier molecular flexibility index (Phi) is 42.5. The van der Waals surface area contributed by atoms with Crippen molar-refractivity contribution < 1.29 is 24.5 Å².